The first-order valence-electron chi connectivity index (χ1n) is 5.39. The maximum absolute atomic E-state index is 11.0. The Hall–Kier alpha value is -1.66. The van der Waals surface area contributed by atoms with Crippen molar-refractivity contribution in [1.82, 2.24) is 14.6 Å². The molecule has 0 fully saturated rings. The van der Waals surface area contributed by atoms with Crippen LogP contribution >= 0.6 is 11.6 Å². The number of aromatic carboxylic acids is 1. The lowest BCUT2D eigenvalue weighted by molar-refractivity contribution is 0.0696. The summed E-state index contributed by atoms with van der Waals surface area (Å²) in [5.74, 6) is -0.359. The Kier molecular flexibility index (Phi) is 3.78. The van der Waals surface area contributed by atoms with Gasteiger partial charge in [0.05, 0.1) is 10.6 Å². The average molecular weight is 270 g/mol. The number of hydrogen-bond donors (Lipinski definition) is 1. The number of fused-ring (bicyclic) bond motifs is 1. The van der Waals surface area contributed by atoms with Crippen molar-refractivity contribution >= 4 is 23.2 Å². The fourth-order valence-corrected chi connectivity index (χ4v) is 1.91. The smallest absolute Gasteiger partial charge is 0.337 e. The Labute approximate surface area is 108 Å². The van der Waals surface area contributed by atoms with Gasteiger partial charge in [0.2, 0.25) is 0 Å². The summed E-state index contributed by atoms with van der Waals surface area (Å²) in [7, 11) is 1.63. The van der Waals surface area contributed by atoms with E-state index in [4.69, 9.17) is 21.4 Å². The molecule has 7 heteroatoms. The van der Waals surface area contributed by atoms with Crippen molar-refractivity contribution < 1.29 is 14.6 Å². The number of ether oxygens (including phenoxy) is 1. The first kappa shape index (κ1) is 12.8. The molecule has 0 unspecified atom stereocenters. The number of hydrogen-bond acceptors (Lipinski definition) is 4. The van der Waals surface area contributed by atoms with Crippen LogP contribution in [0.5, 0.6) is 0 Å². The average Bonchev–Trinajstić information content (AvgIpc) is 2.73. The molecule has 2 heterocycles. The van der Waals surface area contributed by atoms with Crippen LogP contribution in [0.1, 0.15) is 22.6 Å². The minimum absolute atomic E-state index is 0.111. The fraction of sp³-hybridized carbons (Fsp3) is 0.364. The molecular formula is C11H12ClN3O3. The third kappa shape index (κ3) is 2.44. The first-order chi connectivity index (χ1) is 8.63. The summed E-state index contributed by atoms with van der Waals surface area (Å²) in [6, 6.07) is 1.37. The van der Waals surface area contributed by atoms with Crippen LogP contribution in [-0.4, -0.2) is 39.4 Å². The van der Waals surface area contributed by atoms with Gasteiger partial charge in [-0.25, -0.2) is 4.79 Å². The molecule has 2 aromatic heterocycles. The summed E-state index contributed by atoms with van der Waals surface area (Å²) in [4.78, 5) is 11.0. The number of pyridine rings is 1. The van der Waals surface area contributed by atoms with Crippen LogP contribution in [0.15, 0.2) is 12.3 Å². The van der Waals surface area contributed by atoms with E-state index in [1.54, 1.807) is 11.5 Å². The van der Waals surface area contributed by atoms with Gasteiger partial charge in [-0.3, -0.25) is 4.40 Å². The van der Waals surface area contributed by atoms with E-state index in [9.17, 15) is 4.79 Å². The van der Waals surface area contributed by atoms with Gasteiger partial charge in [0.1, 0.15) is 5.82 Å². The van der Waals surface area contributed by atoms with Crippen LogP contribution in [-0.2, 0) is 11.2 Å². The lowest BCUT2D eigenvalue weighted by atomic mass is 10.2. The van der Waals surface area contributed by atoms with E-state index >= 15 is 0 Å². The van der Waals surface area contributed by atoms with E-state index in [0.29, 0.717) is 24.5 Å². The zero-order valence-corrected chi connectivity index (χ0v) is 10.5. The van der Waals surface area contributed by atoms with E-state index in [-0.39, 0.29) is 10.6 Å². The van der Waals surface area contributed by atoms with Crippen LogP contribution < -0.4 is 0 Å². The summed E-state index contributed by atoms with van der Waals surface area (Å²) < 4.78 is 6.57. The number of carboxylic acid groups (broad SMARTS) is 1. The molecule has 0 atom stereocenters. The number of carbonyl (C=O) groups is 1. The first-order valence-corrected chi connectivity index (χ1v) is 5.76. The highest BCUT2D eigenvalue weighted by atomic mass is 35.5. The molecule has 0 spiro atoms. The van der Waals surface area contributed by atoms with Gasteiger partial charge in [0.15, 0.2) is 5.65 Å². The molecule has 0 saturated heterocycles. The number of carboxylic acids is 1. The number of nitrogens with zero attached hydrogens (tertiary/aromatic N) is 3. The molecule has 0 aromatic carbocycles. The van der Waals surface area contributed by atoms with Crippen molar-refractivity contribution in [2.45, 2.75) is 12.8 Å². The standard InChI is InChI=1S/C11H12ClN3O3/c1-18-4-2-3-9-13-14-10-8(12)5-7(11(16)17)6-15(9)10/h5-6H,2-4H2,1H3,(H,16,17). The second-order valence-electron chi connectivity index (χ2n) is 3.79. The van der Waals surface area contributed by atoms with Gasteiger partial charge in [0.25, 0.3) is 0 Å². The predicted molar refractivity (Wildman–Crippen MR) is 65.2 cm³/mol. The third-order valence-electron chi connectivity index (χ3n) is 2.53. The molecule has 2 rings (SSSR count). The molecule has 2 aromatic rings. The van der Waals surface area contributed by atoms with Gasteiger partial charge >= 0.3 is 5.97 Å². The molecule has 18 heavy (non-hydrogen) atoms. The number of aryl methyl sites for hydroxylation is 1. The van der Waals surface area contributed by atoms with Crippen molar-refractivity contribution in [2.75, 3.05) is 13.7 Å². The minimum atomic E-state index is -1.03. The number of methoxy groups -OCH3 is 1. The van der Waals surface area contributed by atoms with Gasteiger partial charge in [0, 0.05) is 26.3 Å². The number of aromatic nitrogens is 3. The Morgan fingerprint density at radius 3 is 3.00 bits per heavy atom. The Balaban J connectivity index is 2.40. The Morgan fingerprint density at radius 1 is 1.56 bits per heavy atom. The molecule has 96 valence electrons. The molecular weight excluding hydrogens is 258 g/mol. The Bertz CT molecular complexity index is 582. The second-order valence-corrected chi connectivity index (χ2v) is 4.20. The van der Waals surface area contributed by atoms with E-state index in [1.165, 1.54) is 12.3 Å². The van der Waals surface area contributed by atoms with E-state index in [2.05, 4.69) is 10.2 Å². The molecule has 1 N–H and O–H groups in total. The van der Waals surface area contributed by atoms with Gasteiger partial charge < -0.3 is 9.84 Å². The monoisotopic (exact) mass is 269 g/mol. The summed E-state index contributed by atoms with van der Waals surface area (Å²) in [6.07, 6.45) is 2.91. The number of halogens is 1. The molecule has 0 amide bonds. The van der Waals surface area contributed by atoms with Gasteiger partial charge in [-0.2, -0.15) is 0 Å². The van der Waals surface area contributed by atoms with E-state index in [0.717, 1.165) is 6.42 Å². The molecule has 6 nitrogen and oxygen atoms in total. The van der Waals surface area contributed by atoms with E-state index < -0.39 is 5.97 Å². The molecule has 0 bridgehead atoms. The quantitative estimate of drug-likeness (QED) is 0.836. The largest absolute Gasteiger partial charge is 0.478 e. The lowest BCUT2D eigenvalue weighted by Crippen LogP contribution is -2.03. The van der Waals surface area contributed by atoms with Crippen LogP contribution in [0.25, 0.3) is 5.65 Å². The maximum Gasteiger partial charge on any atom is 0.337 e. The molecule has 0 aliphatic rings. The van der Waals surface area contributed by atoms with E-state index in [1.807, 2.05) is 0 Å². The van der Waals surface area contributed by atoms with Crippen molar-refractivity contribution in [2.24, 2.45) is 0 Å². The van der Waals surface area contributed by atoms with Gasteiger partial charge in [-0.15, -0.1) is 10.2 Å². The summed E-state index contributed by atoms with van der Waals surface area (Å²) in [6.45, 7) is 0.612. The summed E-state index contributed by atoms with van der Waals surface area (Å²) >= 11 is 5.97. The maximum atomic E-state index is 11.0. The Morgan fingerprint density at radius 2 is 2.33 bits per heavy atom. The molecule has 0 radical (unpaired) electrons. The predicted octanol–water partition coefficient (Wildman–Crippen LogP) is 1.66. The van der Waals surface area contributed by atoms with Crippen LogP contribution in [0.4, 0.5) is 0 Å². The zero-order chi connectivity index (χ0) is 13.1. The van der Waals surface area contributed by atoms with Crippen molar-refractivity contribution in [1.29, 1.82) is 0 Å². The summed E-state index contributed by atoms with van der Waals surface area (Å²) in [5.41, 5.74) is 0.578. The SMILES string of the molecule is COCCCc1nnc2c(Cl)cc(C(=O)O)cn12. The number of rotatable bonds is 5. The summed E-state index contributed by atoms with van der Waals surface area (Å²) in [5, 5.41) is 17.2. The van der Waals surface area contributed by atoms with Crippen molar-refractivity contribution in [3.8, 4) is 0 Å². The normalized spacial score (nSPS) is 11.0. The highest BCUT2D eigenvalue weighted by Crippen LogP contribution is 2.19. The van der Waals surface area contributed by atoms with Crippen molar-refractivity contribution in [3.63, 3.8) is 0 Å². The van der Waals surface area contributed by atoms with Gasteiger partial charge in [-0.1, -0.05) is 11.6 Å². The topological polar surface area (TPSA) is 76.7 Å². The van der Waals surface area contributed by atoms with Crippen LogP contribution in [0.3, 0.4) is 0 Å². The van der Waals surface area contributed by atoms with Crippen molar-refractivity contribution in [3.05, 3.63) is 28.7 Å². The molecule has 0 aliphatic heterocycles. The second kappa shape index (κ2) is 5.32. The highest BCUT2D eigenvalue weighted by Gasteiger charge is 2.13. The molecule has 0 saturated carbocycles. The van der Waals surface area contributed by atoms with Gasteiger partial charge in [-0.05, 0) is 12.5 Å². The minimum Gasteiger partial charge on any atom is -0.478 e. The fourth-order valence-electron chi connectivity index (χ4n) is 1.66. The highest BCUT2D eigenvalue weighted by molar-refractivity contribution is 6.33. The molecule has 0 aliphatic carbocycles. The third-order valence-corrected chi connectivity index (χ3v) is 2.80. The van der Waals surface area contributed by atoms with Crippen LogP contribution in [0, 0.1) is 0 Å². The van der Waals surface area contributed by atoms with Crippen LogP contribution in [0.2, 0.25) is 5.02 Å². The lowest BCUT2D eigenvalue weighted by Gasteiger charge is -2.02. The zero-order valence-electron chi connectivity index (χ0n) is 9.76.